The average molecular weight is 435 g/mol. The van der Waals surface area contributed by atoms with Gasteiger partial charge in [-0.05, 0) is 53.0 Å². The molecule has 1 heterocycles. The summed E-state index contributed by atoms with van der Waals surface area (Å²) in [5.74, 6) is 2.09. The van der Waals surface area contributed by atoms with E-state index in [-0.39, 0.29) is 0 Å². The molecule has 1 aromatic carbocycles. The molecule has 0 unspecified atom stereocenters. The Kier molecular flexibility index (Phi) is 4.70. The number of aromatic nitrogens is 2. The molecule has 6 heteroatoms. The van der Waals surface area contributed by atoms with Gasteiger partial charge in [-0.3, -0.25) is 0 Å². The third-order valence-corrected chi connectivity index (χ3v) is 5.85. The molecule has 1 saturated carbocycles. The molecule has 1 aliphatic rings. The summed E-state index contributed by atoms with van der Waals surface area (Å²) in [7, 11) is 0. The molecule has 20 heavy (non-hydrogen) atoms. The molecule has 2 aromatic rings. The van der Waals surface area contributed by atoms with Gasteiger partial charge in [-0.15, -0.1) is 11.8 Å². The zero-order chi connectivity index (χ0) is 14.1. The zero-order valence-corrected chi connectivity index (χ0v) is 15.2. The lowest BCUT2D eigenvalue weighted by molar-refractivity contribution is 0.920. The lowest BCUT2D eigenvalue weighted by atomic mass is 10.3. The van der Waals surface area contributed by atoms with Crippen molar-refractivity contribution in [3.05, 3.63) is 49.9 Å². The molecular weight excluding hydrogens is 423 g/mol. The molecule has 0 radical (unpaired) electrons. The van der Waals surface area contributed by atoms with Crippen LogP contribution >= 0.6 is 55.2 Å². The number of hydrogen-bond donors (Lipinski definition) is 0. The van der Waals surface area contributed by atoms with Crippen molar-refractivity contribution in [2.24, 2.45) is 0 Å². The van der Waals surface area contributed by atoms with E-state index in [1.165, 1.54) is 17.7 Å². The van der Waals surface area contributed by atoms with Crippen molar-refractivity contribution in [1.82, 2.24) is 9.97 Å². The van der Waals surface area contributed by atoms with Gasteiger partial charge in [0.25, 0.3) is 0 Å². The van der Waals surface area contributed by atoms with E-state index in [1.54, 1.807) is 11.8 Å². The first-order chi connectivity index (χ1) is 9.63. The Morgan fingerprint density at radius 3 is 2.50 bits per heavy atom. The average Bonchev–Trinajstić information content (AvgIpc) is 3.26. The number of benzene rings is 1. The van der Waals surface area contributed by atoms with Crippen LogP contribution in [-0.4, -0.2) is 9.97 Å². The van der Waals surface area contributed by atoms with Crippen LogP contribution in [0.2, 0.25) is 5.15 Å². The second kappa shape index (κ2) is 6.34. The quantitative estimate of drug-likeness (QED) is 0.448. The first-order valence-electron chi connectivity index (χ1n) is 6.23. The fourth-order valence-corrected chi connectivity index (χ4v) is 3.56. The maximum atomic E-state index is 6.18. The second-order valence-corrected chi connectivity index (χ2v) is 7.76. The van der Waals surface area contributed by atoms with Crippen LogP contribution < -0.4 is 0 Å². The van der Waals surface area contributed by atoms with E-state index in [2.05, 4.69) is 54.0 Å². The topological polar surface area (TPSA) is 25.8 Å². The molecule has 1 aromatic heterocycles. The Morgan fingerprint density at radius 1 is 1.15 bits per heavy atom. The number of halogens is 3. The van der Waals surface area contributed by atoms with Gasteiger partial charge in [-0.2, -0.15) is 0 Å². The highest BCUT2D eigenvalue weighted by Crippen LogP contribution is 2.43. The van der Waals surface area contributed by atoms with E-state index in [4.69, 9.17) is 11.6 Å². The van der Waals surface area contributed by atoms with Crippen molar-refractivity contribution in [3.8, 4) is 0 Å². The summed E-state index contributed by atoms with van der Waals surface area (Å²) in [4.78, 5) is 10.2. The second-order valence-electron chi connectivity index (χ2n) is 4.65. The van der Waals surface area contributed by atoms with Crippen LogP contribution in [-0.2, 0) is 5.75 Å². The first kappa shape index (κ1) is 14.8. The molecule has 0 bridgehead atoms. The standard InChI is InChI=1S/C14H11Br2ClN2S/c15-9-3-5-10(6-4-9)20-7-11-18-13(8-1-2-8)12(16)14(17)19-11/h3-6,8H,1-2,7H2. The molecule has 104 valence electrons. The Balaban J connectivity index is 1.75. The number of rotatable bonds is 4. The van der Waals surface area contributed by atoms with Gasteiger partial charge < -0.3 is 0 Å². The van der Waals surface area contributed by atoms with E-state index in [0.29, 0.717) is 11.1 Å². The molecule has 2 nitrogen and oxygen atoms in total. The van der Waals surface area contributed by atoms with Gasteiger partial charge in [-0.25, -0.2) is 9.97 Å². The van der Waals surface area contributed by atoms with Crippen molar-refractivity contribution >= 4 is 55.2 Å². The minimum atomic E-state index is 0.522. The third kappa shape index (κ3) is 3.56. The van der Waals surface area contributed by atoms with Gasteiger partial charge in [0.05, 0.1) is 15.9 Å². The molecule has 0 saturated heterocycles. The van der Waals surface area contributed by atoms with Gasteiger partial charge in [-0.1, -0.05) is 27.5 Å². The van der Waals surface area contributed by atoms with Gasteiger partial charge in [0.15, 0.2) is 0 Å². The molecule has 1 aliphatic carbocycles. The maximum Gasteiger partial charge on any atom is 0.147 e. The highest BCUT2D eigenvalue weighted by Gasteiger charge is 2.29. The minimum Gasteiger partial charge on any atom is -0.235 e. The van der Waals surface area contributed by atoms with E-state index in [1.807, 2.05) is 12.1 Å². The van der Waals surface area contributed by atoms with Crippen molar-refractivity contribution in [2.45, 2.75) is 29.4 Å². The predicted molar refractivity (Wildman–Crippen MR) is 90.4 cm³/mol. The Hall–Kier alpha value is -0.100. The first-order valence-corrected chi connectivity index (χ1v) is 9.18. The normalized spacial score (nSPS) is 14.6. The SMILES string of the molecule is Clc1nc(CSc2ccc(Br)cc2)nc(C2CC2)c1Br. The third-order valence-electron chi connectivity index (χ3n) is 3.03. The Bertz CT molecular complexity index is 630. The van der Waals surface area contributed by atoms with E-state index < -0.39 is 0 Å². The number of hydrogen-bond acceptors (Lipinski definition) is 3. The summed E-state index contributed by atoms with van der Waals surface area (Å²) in [6.45, 7) is 0. The van der Waals surface area contributed by atoms with Crippen LogP contribution in [0.15, 0.2) is 38.1 Å². The van der Waals surface area contributed by atoms with Gasteiger partial charge in [0.1, 0.15) is 11.0 Å². The van der Waals surface area contributed by atoms with Gasteiger partial charge in [0.2, 0.25) is 0 Å². The van der Waals surface area contributed by atoms with Crippen LogP contribution in [0.5, 0.6) is 0 Å². The molecule has 0 atom stereocenters. The molecule has 3 rings (SSSR count). The molecule has 0 amide bonds. The van der Waals surface area contributed by atoms with Crippen molar-refractivity contribution in [1.29, 1.82) is 0 Å². The fourth-order valence-electron chi connectivity index (χ4n) is 1.85. The monoisotopic (exact) mass is 432 g/mol. The number of nitrogens with zero attached hydrogens (tertiary/aromatic N) is 2. The molecule has 0 aliphatic heterocycles. The van der Waals surface area contributed by atoms with Gasteiger partial charge >= 0.3 is 0 Å². The van der Waals surface area contributed by atoms with Crippen molar-refractivity contribution in [2.75, 3.05) is 0 Å². The van der Waals surface area contributed by atoms with Crippen LogP contribution in [0.3, 0.4) is 0 Å². The lowest BCUT2D eigenvalue weighted by Crippen LogP contribution is -1.99. The van der Waals surface area contributed by atoms with Crippen molar-refractivity contribution < 1.29 is 0 Å². The number of thioether (sulfide) groups is 1. The highest BCUT2D eigenvalue weighted by molar-refractivity contribution is 9.10. The summed E-state index contributed by atoms with van der Waals surface area (Å²) < 4.78 is 1.94. The summed E-state index contributed by atoms with van der Waals surface area (Å²) in [5.41, 5.74) is 1.07. The highest BCUT2D eigenvalue weighted by atomic mass is 79.9. The maximum absolute atomic E-state index is 6.18. The summed E-state index contributed by atoms with van der Waals surface area (Å²) in [6, 6.07) is 8.23. The van der Waals surface area contributed by atoms with Crippen LogP contribution in [0.1, 0.15) is 30.3 Å². The summed E-state index contributed by atoms with van der Waals surface area (Å²) in [5, 5.41) is 0.522. The Morgan fingerprint density at radius 2 is 1.85 bits per heavy atom. The fraction of sp³-hybridized carbons (Fsp3) is 0.286. The molecular formula is C14H11Br2ClN2S. The van der Waals surface area contributed by atoms with E-state index >= 15 is 0 Å². The zero-order valence-electron chi connectivity index (χ0n) is 10.4. The molecule has 0 spiro atoms. The van der Waals surface area contributed by atoms with Crippen LogP contribution in [0.4, 0.5) is 0 Å². The van der Waals surface area contributed by atoms with Crippen molar-refractivity contribution in [3.63, 3.8) is 0 Å². The predicted octanol–water partition coefficient (Wildman–Crippen LogP) is 5.82. The van der Waals surface area contributed by atoms with E-state index in [9.17, 15) is 0 Å². The summed E-state index contributed by atoms with van der Waals surface area (Å²) in [6.07, 6.45) is 2.40. The smallest absolute Gasteiger partial charge is 0.147 e. The van der Waals surface area contributed by atoms with Gasteiger partial charge in [0, 0.05) is 15.3 Å². The van der Waals surface area contributed by atoms with Crippen LogP contribution in [0, 0.1) is 0 Å². The Labute approximate surface area is 144 Å². The molecule has 0 N–H and O–H groups in total. The lowest BCUT2D eigenvalue weighted by Gasteiger charge is -2.07. The molecule has 1 fully saturated rings. The summed E-state index contributed by atoms with van der Waals surface area (Å²) >= 11 is 14.8. The largest absolute Gasteiger partial charge is 0.235 e. The minimum absolute atomic E-state index is 0.522. The van der Waals surface area contributed by atoms with E-state index in [0.717, 1.165) is 26.2 Å². The van der Waals surface area contributed by atoms with Crippen LogP contribution in [0.25, 0.3) is 0 Å².